The van der Waals surface area contributed by atoms with Gasteiger partial charge in [-0.25, -0.2) is 0 Å². The number of aromatic nitrogens is 1. The van der Waals surface area contributed by atoms with E-state index in [0.29, 0.717) is 5.25 Å². The molecule has 1 aromatic carbocycles. The maximum atomic E-state index is 4.27. The van der Waals surface area contributed by atoms with Gasteiger partial charge in [0.15, 0.2) is 5.96 Å². The number of aliphatic imine (C=N–C) groups is 1. The SMILES string of the molecule is CN=C(NCc1ccn(C)c1)NCC(C)Sc1ccccc1.I. The van der Waals surface area contributed by atoms with Crippen molar-refractivity contribution in [1.29, 1.82) is 0 Å². The van der Waals surface area contributed by atoms with Crippen LogP contribution in [-0.2, 0) is 13.6 Å². The Bertz CT molecular complexity index is 598. The van der Waals surface area contributed by atoms with Crippen molar-refractivity contribution in [3.63, 3.8) is 0 Å². The Labute approximate surface area is 160 Å². The summed E-state index contributed by atoms with van der Waals surface area (Å²) in [5.74, 6) is 0.837. The monoisotopic (exact) mass is 444 g/mol. The highest BCUT2D eigenvalue weighted by atomic mass is 127. The van der Waals surface area contributed by atoms with Crippen LogP contribution in [0.2, 0.25) is 0 Å². The summed E-state index contributed by atoms with van der Waals surface area (Å²) in [5, 5.41) is 7.18. The van der Waals surface area contributed by atoms with Gasteiger partial charge >= 0.3 is 0 Å². The first kappa shape index (κ1) is 19.9. The number of benzene rings is 1. The summed E-state index contributed by atoms with van der Waals surface area (Å²) >= 11 is 1.87. The number of hydrogen-bond donors (Lipinski definition) is 2. The molecule has 4 nitrogen and oxygen atoms in total. The fourth-order valence-electron chi connectivity index (χ4n) is 2.09. The Hall–Kier alpha value is -1.15. The van der Waals surface area contributed by atoms with Crippen LogP contribution >= 0.6 is 35.7 Å². The molecule has 0 saturated carbocycles. The van der Waals surface area contributed by atoms with E-state index in [0.717, 1.165) is 19.0 Å². The zero-order valence-corrected chi connectivity index (χ0v) is 17.0. The van der Waals surface area contributed by atoms with Crippen molar-refractivity contribution in [3.05, 3.63) is 54.4 Å². The minimum Gasteiger partial charge on any atom is -0.357 e. The molecule has 2 rings (SSSR count). The van der Waals surface area contributed by atoms with Crippen molar-refractivity contribution in [2.75, 3.05) is 13.6 Å². The molecule has 6 heteroatoms. The fourth-order valence-corrected chi connectivity index (χ4v) is 3.03. The zero-order chi connectivity index (χ0) is 15.8. The normalized spacial score (nSPS) is 12.4. The first-order valence-corrected chi connectivity index (χ1v) is 8.32. The molecule has 0 aliphatic rings. The first-order valence-electron chi connectivity index (χ1n) is 7.44. The summed E-state index contributed by atoms with van der Waals surface area (Å²) in [6.07, 6.45) is 4.15. The number of guanidine groups is 1. The van der Waals surface area contributed by atoms with Gasteiger partial charge in [0.2, 0.25) is 0 Å². The number of hydrogen-bond acceptors (Lipinski definition) is 2. The van der Waals surface area contributed by atoms with Gasteiger partial charge in [-0.05, 0) is 23.8 Å². The largest absolute Gasteiger partial charge is 0.357 e. The summed E-state index contributed by atoms with van der Waals surface area (Å²) in [4.78, 5) is 5.56. The van der Waals surface area contributed by atoms with Gasteiger partial charge in [0.05, 0.1) is 0 Å². The van der Waals surface area contributed by atoms with E-state index >= 15 is 0 Å². The lowest BCUT2D eigenvalue weighted by Crippen LogP contribution is -2.39. The average Bonchev–Trinajstić information content (AvgIpc) is 2.94. The quantitative estimate of drug-likeness (QED) is 0.310. The summed E-state index contributed by atoms with van der Waals surface area (Å²) in [6.45, 7) is 3.86. The highest BCUT2D eigenvalue weighted by Crippen LogP contribution is 2.21. The van der Waals surface area contributed by atoms with Crippen LogP contribution in [0.1, 0.15) is 12.5 Å². The van der Waals surface area contributed by atoms with Gasteiger partial charge in [0.25, 0.3) is 0 Å². The van der Waals surface area contributed by atoms with Crippen molar-refractivity contribution in [3.8, 4) is 0 Å². The third-order valence-electron chi connectivity index (χ3n) is 3.21. The second-order valence-electron chi connectivity index (χ2n) is 5.23. The molecule has 1 atom stereocenters. The van der Waals surface area contributed by atoms with E-state index in [4.69, 9.17) is 0 Å². The Morgan fingerprint density at radius 1 is 1.22 bits per heavy atom. The standard InChI is InChI=1S/C17H24N4S.HI/c1-14(22-16-7-5-4-6-8-16)11-19-17(18-2)20-12-15-9-10-21(3)13-15;/h4-10,13-14H,11-12H2,1-3H3,(H2,18,19,20);1H. The van der Waals surface area contributed by atoms with Gasteiger partial charge in [0.1, 0.15) is 0 Å². The highest BCUT2D eigenvalue weighted by Gasteiger charge is 2.06. The second kappa shape index (κ2) is 10.6. The van der Waals surface area contributed by atoms with Crippen molar-refractivity contribution in [2.45, 2.75) is 23.6 Å². The second-order valence-corrected chi connectivity index (χ2v) is 6.75. The van der Waals surface area contributed by atoms with E-state index in [-0.39, 0.29) is 24.0 Å². The van der Waals surface area contributed by atoms with Gasteiger partial charge in [-0.15, -0.1) is 35.7 Å². The number of nitrogens with one attached hydrogen (secondary N) is 2. The molecule has 0 aliphatic heterocycles. The third-order valence-corrected chi connectivity index (χ3v) is 4.33. The molecule has 0 saturated heterocycles. The summed E-state index contributed by atoms with van der Waals surface area (Å²) in [6, 6.07) is 12.6. The van der Waals surface area contributed by atoms with Crippen molar-refractivity contribution in [2.24, 2.45) is 12.0 Å². The Morgan fingerprint density at radius 3 is 2.57 bits per heavy atom. The summed E-state index contributed by atoms with van der Waals surface area (Å²) in [7, 11) is 3.83. The number of thioether (sulfide) groups is 1. The maximum Gasteiger partial charge on any atom is 0.191 e. The predicted molar refractivity (Wildman–Crippen MR) is 111 cm³/mol. The molecule has 0 radical (unpaired) electrons. The smallest absolute Gasteiger partial charge is 0.191 e. The molecule has 0 bridgehead atoms. The van der Waals surface area contributed by atoms with E-state index in [1.54, 1.807) is 7.05 Å². The number of rotatable bonds is 6. The van der Waals surface area contributed by atoms with Gasteiger partial charge in [-0.1, -0.05) is 25.1 Å². The van der Waals surface area contributed by atoms with E-state index in [9.17, 15) is 0 Å². The Balaban J connectivity index is 0.00000264. The summed E-state index contributed by atoms with van der Waals surface area (Å²) in [5.41, 5.74) is 1.25. The Morgan fingerprint density at radius 2 is 1.96 bits per heavy atom. The molecule has 1 heterocycles. The Kier molecular flexibility index (Phi) is 9.16. The highest BCUT2D eigenvalue weighted by molar-refractivity contribution is 14.0. The summed E-state index contributed by atoms with van der Waals surface area (Å²) < 4.78 is 2.05. The fraction of sp³-hybridized carbons (Fsp3) is 0.353. The molecule has 2 N–H and O–H groups in total. The van der Waals surface area contributed by atoms with Crippen LogP contribution in [0.3, 0.4) is 0 Å². The molecule has 0 aliphatic carbocycles. The van der Waals surface area contributed by atoms with Gasteiger partial charge in [-0.2, -0.15) is 0 Å². The lowest BCUT2D eigenvalue weighted by atomic mass is 10.3. The van der Waals surface area contributed by atoms with Crippen LogP contribution in [0.15, 0.2) is 58.7 Å². The third kappa shape index (κ3) is 7.30. The van der Waals surface area contributed by atoms with Crippen LogP contribution < -0.4 is 10.6 Å². The van der Waals surface area contributed by atoms with Crippen molar-refractivity contribution >= 4 is 41.7 Å². The van der Waals surface area contributed by atoms with Gasteiger partial charge in [0, 0.05) is 49.7 Å². The van der Waals surface area contributed by atoms with Crippen molar-refractivity contribution < 1.29 is 0 Å². The maximum absolute atomic E-state index is 4.27. The van der Waals surface area contributed by atoms with Crippen LogP contribution in [0.5, 0.6) is 0 Å². The van der Waals surface area contributed by atoms with Gasteiger partial charge in [-0.3, -0.25) is 4.99 Å². The van der Waals surface area contributed by atoms with Gasteiger partial charge < -0.3 is 15.2 Å². The first-order chi connectivity index (χ1) is 10.7. The molecule has 0 fully saturated rings. The number of halogens is 1. The molecule has 23 heavy (non-hydrogen) atoms. The lowest BCUT2D eigenvalue weighted by Gasteiger charge is -2.15. The molecule has 126 valence electrons. The van der Waals surface area contributed by atoms with E-state index < -0.39 is 0 Å². The molecular formula is C17H25IN4S. The minimum absolute atomic E-state index is 0. The molecule has 1 aromatic heterocycles. The van der Waals surface area contributed by atoms with Crippen LogP contribution in [0, 0.1) is 0 Å². The van der Waals surface area contributed by atoms with E-state index in [1.165, 1.54) is 10.5 Å². The number of aryl methyl sites for hydroxylation is 1. The zero-order valence-electron chi connectivity index (χ0n) is 13.8. The van der Waals surface area contributed by atoms with E-state index in [2.05, 4.69) is 59.1 Å². The van der Waals surface area contributed by atoms with E-state index in [1.807, 2.05) is 35.6 Å². The topological polar surface area (TPSA) is 41.4 Å². The molecule has 2 aromatic rings. The predicted octanol–water partition coefficient (Wildman–Crippen LogP) is 3.49. The van der Waals surface area contributed by atoms with Crippen molar-refractivity contribution in [1.82, 2.24) is 15.2 Å². The van der Waals surface area contributed by atoms with Crippen LogP contribution in [0.4, 0.5) is 0 Å². The molecule has 1 unspecified atom stereocenters. The van der Waals surface area contributed by atoms with Crippen LogP contribution in [0.25, 0.3) is 0 Å². The average molecular weight is 444 g/mol. The number of nitrogens with zero attached hydrogens (tertiary/aromatic N) is 2. The van der Waals surface area contributed by atoms with Crippen LogP contribution in [-0.4, -0.2) is 29.4 Å². The molecule has 0 spiro atoms. The molecular weight excluding hydrogens is 419 g/mol. The molecule has 0 amide bonds. The lowest BCUT2D eigenvalue weighted by molar-refractivity contribution is 0.788. The minimum atomic E-state index is 0.